The average molecular weight is 368 g/mol. The molecule has 1 unspecified atom stereocenters. The first-order valence-corrected chi connectivity index (χ1v) is 8.62. The van der Waals surface area contributed by atoms with Crippen molar-refractivity contribution in [1.29, 1.82) is 0 Å². The number of aromatic nitrogens is 1. The van der Waals surface area contributed by atoms with Gasteiger partial charge in [0, 0.05) is 0 Å². The second-order valence-electron chi connectivity index (χ2n) is 4.34. The van der Waals surface area contributed by atoms with Gasteiger partial charge >= 0.3 is 0 Å². The minimum Gasteiger partial charge on any atom is -0.324 e. The van der Waals surface area contributed by atoms with Gasteiger partial charge in [-0.1, -0.05) is 18.0 Å². The SMILES string of the molecule is O=C(Nc1cnc(Cl)c(Br)c1)C1CCCCS1(=O)=O. The van der Waals surface area contributed by atoms with E-state index < -0.39 is 21.0 Å². The molecule has 1 aliphatic heterocycles. The Morgan fingerprint density at radius 1 is 1.47 bits per heavy atom. The lowest BCUT2D eigenvalue weighted by Gasteiger charge is -2.21. The molecule has 0 aliphatic carbocycles. The van der Waals surface area contributed by atoms with Crippen molar-refractivity contribution in [2.45, 2.75) is 24.5 Å². The maximum atomic E-state index is 12.0. The molecule has 1 N–H and O–H groups in total. The number of amides is 1. The standard InChI is InChI=1S/C11H12BrClN2O3S/c12-8-5-7(6-14-10(8)13)15-11(16)9-3-1-2-4-19(9,17)18/h5-6,9H,1-4H2,(H,15,16). The molecule has 1 atom stereocenters. The van der Waals surface area contributed by atoms with Gasteiger partial charge < -0.3 is 5.32 Å². The third-order valence-corrected chi connectivity index (χ3v) is 6.24. The lowest BCUT2D eigenvalue weighted by atomic mass is 10.2. The highest BCUT2D eigenvalue weighted by Crippen LogP contribution is 2.24. The van der Waals surface area contributed by atoms with Gasteiger partial charge in [-0.05, 0) is 34.8 Å². The largest absolute Gasteiger partial charge is 0.324 e. The van der Waals surface area contributed by atoms with Crippen molar-refractivity contribution < 1.29 is 13.2 Å². The Kier molecular flexibility index (Phi) is 4.47. The highest BCUT2D eigenvalue weighted by molar-refractivity contribution is 9.10. The van der Waals surface area contributed by atoms with Crippen molar-refractivity contribution in [2.24, 2.45) is 0 Å². The summed E-state index contributed by atoms with van der Waals surface area (Å²) < 4.78 is 24.2. The second kappa shape index (κ2) is 5.76. The van der Waals surface area contributed by atoms with E-state index in [4.69, 9.17) is 11.6 Å². The average Bonchev–Trinajstić information content (AvgIpc) is 2.33. The van der Waals surface area contributed by atoms with Crippen LogP contribution in [0.3, 0.4) is 0 Å². The molecule has 1 aromatic heterocycles. The Morgan fingerprint density at radius 2 is 2.21 bits per heavy atom. The highest BCUT2D eigenvalue weighted by Gasteiger charge is 2.34. The summed E-state index contributed by atoms with van der Waals surface area (Å²) in [6, 6.07) is 1.59. The molecule has 0 radical (unpaired) electrons. The molecule has 1 saturated heterocycles. The Labute approximate surface area is 124 Å². The third kappa shape index (κ3) is 3.46. The number of nitrogens with one attached hydrogen (secondary N) is 1. The summed E-state index contributed by atoms with van der Waals surface area (Å²) in [4.78, 5) is 15.9. The van der Waals surface area contributed by atoms with Crippen molar-refractivity contribution in [3.8, 4) is 0 Å². The quantitative estimate of drug-likeness (QED) is 0.814. The second-order valence-corrected chi connectivity index (χ2v) is 7.85. The zero-order valence-electron chi connectivity index (χ0n) is 9.90. The summed E-state index contributed by atoms with van der Waals surface area (Å²) >= 11 is 8.94. The molecule has 0 saturated carbocycles. The van der Waals surface area contributed by atoms with Crippen molar-refractivity contribution in [1.82, 2.24) is 4.98 Å². The van der Waals surface area contributed by atoms with E-state index in [1.165, 1.54) is 6.20 Å². The van der Waals surface area contributed by atoms with E-state index in [9.17, 15) is 13.2 Å². The minimum absolute atomic E-state index is 0.0770. The molecule has 0 bridgehead atoms. The zero-order chi connectivity index (χ0) is 14.0. The number of hydrogen-bond acceptors (Lipinski definition) is 4. The monoisotopic (exact) mass is 366 g/mol. The Bertz CT molecular complexity index is 606. The minimum atomic E-state index is -3.33. The van der Waals surface area contributed by atoms with Crippen LogP contribution in [0.4, 0.5) is 5.69 Å². The van der Waals surface area contributed by atoms with Gasteiger partial charge in [0.15, 0.2) is 9.84 Å². The molecule has 19 heavy (non-hydrogen) atoms. The summed E-state index contributed by atoms with van der Waals surface area (Å²) in [7, 11) is -3.33. The van der Waals surface area contributed by atoms with Gasteiger partial charge in [-0.25, -0.2) is 13.4 Å². The predicted octanol–water partition coefficient (Wildman–Crippen LogP) is 2.40. The van der Waals surface area contributed by atoms with Crippen LogP contribution in [0.1, 0.15) is 19.3 Å². The van der Waals surface area contributed by atoms with Crippen LogP contribution in [0.2, 0.25) is 5.15 Å². The van der Waals surface area contributed by atoms with Crippen LogP contribution in [0.25, 0.3) is 0 Å². The van der Waals surface area contributed by atoms with Crippen LogP contribution in [-0.2, 0) is 14.6 Å². The van der Waals surface area contributed by atoms with Crippen molar-refractivity contribution in [3.63, 3.8) is 0 Å². The van der Waals surface area contributed by atoms with Gasteiger partial charge in [0.25, 0.3) is 0 Å². The molecule has 2 rings (SSSR count). The molecule has 1 fully saturated rings. The molecular weight excluding hydrogens is 356 g/mol. The molecule has 1 amide bonds. The number of halogens is 2. The van der Waals surface area contributed by atoms with E-state index in [1.54, 1.807) is 6.07 Å². The maximum absolute atomic E-state index is 12.0. The number of anilines is 1. The van der Waals surface area contributed by atoms with Crippen LogP contribution in [0, 0.1) is 0 Å². The van der Waals surface area contributed by atoms with Crippen molar-refractivity contribution in [2.75, 3.05) is 11.1 Å². The number of nitrogens with zero attached hydrogens (tertiary/aromatic N) is 1. The number of carbonyl (C=O) groups excluding carboxylic acids is 1. The van der Waals surface area contributed by atoms with E-state index >= 15 is 0 Å². The van der Waals surface area contributed by atoms with Gasteiger partial charge in [0.05, 0.1) is 22.1 Å². The highest BCUT2D eigenvalue weighted by atomic mass is 79.9. The number of sulfone groups is 1. The van der Waals surface area contributed by atoms with E-state index in [0.29, 0.717) is 23.0 Å². The first-order valence-electron chi connectivity index (χ1n) is 5.73. The molecular formula is C11H12BrClN2O3S. The van der Waals surface area contributed by atoms with Gasteiger partial charge in [-0.15, -0.1) is 0 Å². The molecule has 8 heteroatoms. The fourth-order valence-electron chi connectivity index (χ4n) is 1.96. The topological polar surface area (TPSA) is 76.1 Å². The molecule has 1 aromatic rings. The molecule has 104 valence electrons. The van der Waals surface area contributed by atoms with E-state index in [2.05, 4.69) is 26.2 Å². The summed E-state index contributed by atoms with van der Waals surface area (Å²) in [6.45, 7) is 0. The summed E-state index contributed by atoms with van der Waals surface area (Å²) in [6.07, 6.45) is 3.14. The fraction of sp³-hybridized carbons (Fsp3) is 0.455. The fourth-order valence-corrected chi connectivity index (χ4v) is 4.22. The molecule has 0 spiro atoms. The molecule has 5 nitrogen and oxygen atoms in total. The first-order chi connectivity index (χ1) is 8.90. The summed E-state index contributed by atoms with van der Waals surface area (Å²) in [5.74, 6) is -0.427. The van der Waals surface area contributed by atoms with E-state index in [1.807, 2.05) is 0 Å². The van der Waals surface area contributed by atoms with Crippen LogP contribution in [-0.4, -0.2) is 30.3 Å². The third-order valence-electron chi connectivity index (χ3n) is 2.93. The van der Waals surface area contributed by atoms with Crippen LogP contribution in [0.15, 0.2) is 16.7 Å². The smallest absolute Gasteiger partial charge is 0.242 e. The van der Waals surface area contributed by atoms with E-state index in [-0.39, 0.29) is 10.9 Å². The Hall–Kier alpha value is -0.660. The lowest BCUT2D eigenvalue weighted by molar-refractivity contribution is -0.116. The number of carbonyl (C=O) groups is 1. The summed E-state index contributed by atoms with van der Waals surface area (Å²) in [5.41, 5.74) is 0.419. The predicted molar refractivity (Wildman–Crippen MR) is 77.0 cm³/mol. The zero-order valence-corrected chi connectivity index (χ0v) is 13.1. The van der Waals surface area contributed by atoms with Gasteiger partial charge in [0.2, 0.25) is 5.91 Å². The molecule has 1 aliphatic rings. The van der Waals surface area contributed by atoms with Crippen LogP contribution >= 0.6 is 27.5 Å². The van der Waals surface area contributed by atoms with Crippen LogP contribution in [0.5, 0.6) is 0 Å². The van der Waals surface area contributed by atoms with Gasteiger partial charge in [-0.2, -0.15) is 0 Å². The Balaban J connectivity index is 2.14. The van der Waals surface area contributed by atoms with E-state index in [0.717, 1.165) is 6.42 Å². The number of hydrogen-bond donors (Lipinski definition) is 1. The van der Waals surface area contributed by atoms with Crippen LogP contribution < -0.4 is 5.32 Å². The van der Waals surface area contributed by atoms with Gasteiger partial charge in [-0.3, -0.25) is 4.79 Å². The first kappa shape index (κ1) is 14.7. The van der Waals surface area contributed by atoms with Gasteiger partial charge in [0.1, 0.15) is 10.4 Å². The number of pyridine rings is 1. The number of rotatable bonds is 2. The van der Waals surface area contributed by atoms with Crippen molar-refractivity contribution in [3.05, 3.63) is 21.9 Å². The molecule has 2 heterocycles. The molecule has 0 aromatic carbocycles. The van der Waals surface area contributed by atoms with Crippen molar-refractivity contribution >= 4 is 49.0 Å². The Morgan fingerprint density at radius 3 is 2.84 bits per heavy atom. The lowest BCUT2D eigenvalue weighted by Crippen LogP contribution is -2.39. The summed E-state index contributed by atoms with van der Waals surface area (Å²) in [5, 5.41) is 1.88. The maximum Gasteiger partial charge on any atom is 0.242 e. The normalized spacial score (nSPS) is 21.9.